The molecule has 2 fully saturated rings. The Morgan fingerprint density at radius 3 is 2.96 bits per heavy atom. The van der Waals surface area contributed by atoms with Gasteiger partial charge in [-0.2, -0.15) is 0 Å². The number of aromatic nitrogens is 2. The summed E-state index contributed by atoms with van der Waals surface area (Å²) in [5.74, 6) is 2.80. The molecule has 2 amide bonds. The van der Waals surface area contributed by atoms with Crippen LogP contribution in [0, 0.1) is 6.92 Å². The molecule has 8 nitrogen and oxygen atoms in total. The second-order valence-electron chi connectivity index (χ2n) is 6.75. The van der Waals surface area contributed by atoms with Crippen LogP contribution in [0.4, 0.5) is 16.4 Å². The van der Waals surface area contributed by atoms with Crippen LogP contribution in [0.25, 0.3) is 0 Å². The third-order valence-electron chi connectivity index (χ3n) is 4.75. The second kappa shape index (κ2) is 7.23. The Kier molecular flexibility index (Phi) is 4.64. The van der Waals surface area contributed by atoms with Crippen molar-refractivity contribution in [1.29, 1.82) is 0 Å². The first-order valence-electron chi connectivity index (χ1n) is 9.05. The van der Waals surface area contributed by atoms with Crippen LogP contribution < -0.4 is 15.0 Å². The molecule has 2 aliphatic heterocycles. The Morgan fingerprint density at radius 1 is 1.35 bits per heavy atom. The molecule has 0 bridgehead atoms. The maximum absolute atomic E-state index is 12.4. The minimum absolute atomic E-state index is 0.0367. The summed E-state index contributed by atoms with van der Waals surface area (Å²) in [5.41, 5.74) is 0. The van der Waals surface area contributed by atoms with Gasteiger partial charge in [-0.3, -0.25) is 5.32 Å². The molecule has 2 aromatic rings. The van der Waals surface area contributed by atoms with Crippen molar-refractivity contribution >= 4 is 17.7 Å². The minimum atomic E-state index is -0.185. The topological polar surface area (TPSA) is 83.7 Å². The number of carbonyl (C=O) groups excluding carboxylic acids is 1. The lowest BCUT2D eigenvalue weighted by atomic mass is 10.3. The average molecular weight is 357 g/mol. The Bertz CT molecular complexity index is 772. The summed E-state index contributed by atoms with van der Waals surface area (Å²) in [6.07, 6.45) is 4.93. The molecule has 2 saturated heterocycles. The molecule has 1 atom stereocenters. The van der Waals surface area contributed by atoms with Crippen molar-refractivity contribution in [3.05, 3.63) is 30.2 Å². The van der Waals surface area contributed by atoms with Gasteiger partial charge in [0.2, 0.25) is 0 Å². The minimum Gasteiger partial charge on any atom is -0.485 e. The average Bonchev–Trinajstić information content (AvgIpc) is 3.38. The maximum Gasteiger partial charge on any atom is 0.323 e. The largest absolute Gasteiger partial charge is 0.485 e. The number of nitrogens with zero attached hydrogens (tertiary/aromatic N) is 4. The molecule has 0 saturated carbocycles. The molecule has 0 aliphatic carbocycles. The van der Waals surface area contributed by atoms with E-state index in [1.54, 1.807) is 24.1 Å². The molecule has 4 heterocycles. The van der Waals surface area contributed by atoms with Crippen molar-refractivity contribution in [2.75, 3.05) is 36.4 Å². The van der Waals surface area contributed by atoms with Crippen molar-refractivity contribution < 1.29 is 14.1 Å². The van der Waals surface area contributed by atoms with Gasteiger partial charge in [-0.1, -0.05) is 5.16 Å². The highest BCUT2D eigenvalue weighted by molar-refractivity contribution is 5.88. The van der Waals surface area contributed by atoms with Gasteiger partial charge in [0, 0.05) is 38.3 Å². The van der Waals surface area contributed by atoms with E-state index in [0.29, 0.717) is 24.7 Å². The molecule has 0 unspecified atom stereocenters. The van der Waals surface area contributed by atoms with E-state index in [0.717, 1.165) is 31.1 Å². The highest BCUT2D eigenvalue weighted by Gasteiger charge is 2.29. The Labute approximate surface area is 152 Å². The number of urea groups is 1. The van der Waals surface area contributed by atoms with Gasteiger partial charge >= 0.3 is 6.03 Å². The molecule has 0 aromatic carbocycles. The van der Waals surface area contributed by atoms with Gasteiger partial charge in [-0.25, -0.2) is 9.78 Å². The normalized spacial score (nSPS) is 19.8. The van der Waals surface area contributed by atoms with E-state index in [1.165, 1.54) is 12.8 Å². The number of amides is 2. The number of pyridine rings is 1. The van der Waals surface area contributed by atoms with Crippen LogP contribution in [0.3, 0.4) is 0 Å². The fourth-order valence-corrected chi connectivity index (χ4v) is 3.44. The number of hydrogen-bond acceptors (Lipinski definition) is 6. The molecule has 0 spiro atoms. The van der Waals surface area contributed by atoms with E-state index in [-0.39, 0.29) is 12.1 Å². The van der Waals surface area contributed by atoms with Crippen molar-refractivity contribution in [2.24, 2.45) is 0 Å². The van der Waals surface area contributed by atoms with Crippen LogP contribution in [-0.4, -0.2) is 53.4 Å². The lowest BCUT2D eigenvalue weighted by molar-refractivity contribution is 0.194. The van der Waals surface area contributed by atoms with Crippen LogP contribution in [0.15, 0.2) is 28.9 Å². The Balaban J connectivity index is 1.36. The lowest BCUT2D eigenvalue weighted by Crippen LogP contribution is -2.34. The zero-order valence-electron chi connectivity index (χ0n) is 14.9. The van der Waals surface area contributed by atoms with Crippen molar-refractivity contribution in [2.45, 2.75) is 32.3 Å². The highest BCUT2D eigenvalue weighted by Crippen LogP contribution is 2.30. The summed E-state index contributed by atoms with van der Waals surface area (Å²) in [4.78, 5) is 20.9. The lowest BCUT2D eigenvalue weighted by Gasteiger charge is -2.22. The van der Waals surface area contributed by atoms with Crippen LogP contribution in [0.1, 0.15) is 25.0 Å². The van der Waals surface area contributed by atoms with E-state index in [1.807, 2.05) is 12.1 Å². The molecule has 4 rings (SSSR count). The molecule has 26 heavy (non-hydrogen) atoms. The van der Waals surface area contributed by atoms with E-state index in [4.69, 9.17) is 9.26 Å². The zero-order valence-corrected chi connectivity index (χ0v) is 14.9. The third kappa shape index (κ3) is 3.58. The number of carbonyl (C=O) groups is 1. The van der Waals surface area contributed by atoms with Crippen molar-refractivity contribution in [3.8, 4) is 5.75 Å². The standard InChI is InChI=1S/C18H23N5O3/c1-13-11-16(21-26-13)20-18(24)23-10-6-14(12-23)25-15-5-4-7-19-17(15)22-8-2-3-9-22/h4-5,7,11,14H,2-3,6,8-10,12H2,1H3,(H,20,21,24)/t14-/m1/s1. The summed E-state index contributed by atoms with van der Waals surface area (Å²) in [5, 5.41) is 6.54. The zero-order chi connectivity index (χ0) is 17.9. The first-order valence-corrected chi connectivity index (χ1v) is 9.05. The van der Waals surface area contributed by atoms with Gasteiger partial charge in [0.1, 0.15) is 11.9 Å². The number of likely N-dealkylation sites (tertiary alicyclic amines) is 1. The van der Waals surface area contributed by atoms with Crippen molar-refractivity contribution in [3.63, 3.8) is 0 Å². The predicted molar refractivity (Wildman–Crippen MR) is 96.5 cm³/mol. The third-order valence-corrected chi connectivity index (χ3v) is 4.75. The summed E-state index contributed by atoms with van der Waals surface area (Å²) >= 11 is 0. The van der Waals surface area contributed by atoms with Crippen LogP contribution in [0.5, 0.6) is 5.75 Å². The highest BCUT2D eigenvalue weighted by atomic mass is 16.5. The predicted octanol–water partition coefficient (Wildman–Crippen LogP) is 2.66. The van der Waals surface area contributed by atoms with E-state index >= 15 is 0 Å². The van der Waals surface area contributed by atoms with Crippen LogP contribution in [-0.2, 0) is 0 Å². The number of rotatable bonds is 4. The first kappa shape index (κ1) is 16.7. The molecule has 2 aromatic heterocycles. The fourth-order valence-electron chi connectivity index (χ4n) is 3.44. The summed E-state index contributed by atoms with van der Waals surface area (Å²) in [7, 11) is 0. The number of anilines is 2. The summed E-state index contributed by atoms with van der Waals surface area (Å²) in [6.45, 7) is 5.01. The molecule has 1 N–H and O–H groups in total. The van der Waals surface area contributed by atoms with Crippen LogP contribution >= 0.6 is 0 Å². The summed E-state index contributed by atoms with van der Waals surface area (Å²) < 4.78 is 11.2. The van der Waals surface area contributed by atoms with Gasteiger partial charge in [-0.15, -0.1) is 0 Å². The Hall–Kier alpha value is -2.77. The van der Waals surface area contributed by atoms with E-state index < -0.39 is 0 Å². The number of hydrogen-bond donors (Lipinski definition) is 1. The summed E-state index contributed by atoms with van der Waals surface area (Å²) in [6, 6.07) is 5.36. The number of aryl methyl sites for hydroxylation is 1. The Morgan fingerprint density at radius 2 is 2.19 bits per heavy atom. The van der Waals surface area contributed by atoms with Gasteiger partial charge in [0.15, 0.2) is 17.4 Å². The second-order valence-corrected chi connectivity index (χ2v) is 6.75. The molecular weight excluding hydrogens is 334 g/mol. The quantitative estimate of drug-likeness (QED) is 0.906. The van der Waals surface area contributed by atoms with Crippen LogP contribution in [0.2, 0.25) is 0 Å². The number of ether oxygens (including phenoxy) is 1. The monoisotopic (exact) mass is 357 g/mol. The molecular formula is C18H23N5O3. The van der Waals surface area contributed by atoms with Gasteiger partial charge in [0.25, 0.3) is 0 Å². The number of nitrogens with one attached hydrogen (secondary N) is 1. The fraction of sp³-hybridized carbons (Fsp3) is 0.500. The van der Waals surface area contributed by atoms with E-state index in [9.17, 15) is 4.79 Å². The van der Waals surface area contributed by atoms with E-state index in [2.05, 4.69) is 20.4 Å². The van der Waals surface area contributed by atoms with Gasteiger partial charge in [0.05, 0.1) is 6.54 Å². The maximum atomic E-state index is 12.4. The molecule has 138 valence electrons. The molecule has 0 radical (unpaired) electrons. The van der Waals surface area contributed by atoms with Gasteiger partial charge < -0.3 is 19.1 Å². The smallest absolute Gasteiger partial charge is 0.323 e. The molecule has 2 aliphatic rings. The van der Waals surface area contributed by atoms with Crippen molar-refractivity contribution in [1.82, 2.24) is 15.0 Å². The SMILES string of the molecule is Cc1cc(NC(=O)N2CC[C@@H](Oc3cccnc3N3CCCC3)C2)no1. The molecule has 8 heteroatoms. The first-order chi connectivity index (χ1) is 12.7. The van der Waals surface area contributed by atoms with Gasteiger partial charge in [-0.05, 0) is 31.9 Å².